The average molecular weight is 169 g/mol. The van der Waals surface area contributed by atoms with Gasteiger partial charge in [0.15, 0.2) is 5.95 Å². The lowest BCUT2D eigenvalue weighted by Crippen LogP contribution is -2.18. The molecule has 68 valence electrons. The lowest BCUT2D eigenvalue weighted by Gasteiger charge is -2.18. The number of nitrogens with zero attached hydrogens (tertiary/aromatic N) is 1. The summed E-state index contributed by atoms with van der Waals surface area (Å²) in [5.41, 5.74) is 6.18. The first kappa shape index (κ1) is 9.06. The fraction of sp³-hybridized carbons (Fsp3) is 0.625. The van der Waals surface area contributed by atoms with E-state index in [9.17, 15) is 0 Å². The summed E-state index contributed by atoms with van der Waals surface area (Å²) >= 11 is 0. The zero-order valence-electron chi connectivity index (χ0n) is 7.72. The molecule has 0 amide bonds. The van der Waals surface area contributed by atoms with Crippen LogP contribution in [0.3, 0.4) is 0 Å². The van der Waals surface area contributed by atoms with E-state index in [1.807, 2.05) is 20.8 Å². The molecule has 1 aromatic heterocycles. The molecule has 4 nitrogen and oxygen atoms in total. The molecule has 0 fully saturated rings. The van der Waals surface area contributed by atoms with Gasteiger partial charge in [0.25, 0.3) is 0 Å². The number of imidazole rings is 1. The van der Waals surface area contributed by atoms with E-state index in [2.05, 4.69) is 9.97 Å². The molecule has 0 aromatic carbocycles. The van der Waals surface area contributed by atoms with Crippen molar-refractivity contribution < 1.29 is 4.74 Å². The third-order valence-electron chi connectivity index (χ3n) is 1.31. The first-order valence-corrected chi connectivity index (χ1v) is 3.91. The van der Waals surface area contributed by atoms with E-state index < -0.39 is 0 Å². The van der Waals surface area contributed by atoms with Crippen LogP contribution in [0.1, 0.15) is 26.5 Å². The lowest BCUT2D eigenvalue weighted by molar-refractivity contribution is -0.0163. The van der Waals surface area contributed by atoms with Crippen molar-refractivity contribution in [3.63, 3.8) is 0 Å². The first-order chi connectivity index (χ1) is 5.47. The number of hydrogen-bond donors (Lipinski definition) is 2. The zero-order valence-corrected chi connectivity index (χ0v) is 7.72. The van der Waals surface area contributed by atoms with E-state index in [1.165, 1.54) is 0 Å². The predicted molar refractivity (Wildman–Crippen MR) is 47.5 cm³/mol. The number of nitrogen functional groups attached to an aromatic ring is 1. The summed E-state index contributed by atoms with van der Waals surface area (Å²) in [7, 11) is 0. The molecular weight excluding hydrogens is 154 g/mol. The molecule has 0 unspecified atom stereocenters. The van der Waals surface area contributed by atoms with Gasteiger partial charge in [0.1, 0.15) is 0 Å². The Morgan fingerprint density at radius 1 is 1.58 bits per heavy atom. The van der Waals surface area contributed by atoms with Crippen molar-refractivity contribution in [1.82, 2.24) is 9.97 Å². The van der Waals surface area contributed by atoms with Gasteiger partial charge < -0.3 is 15.5 Å². The van der Waals surface area contributed by atoms with Crippen molar-refractivity contribution in [2.75, 3.05) is 5.73 Å². The van der Waals surface area contributed by atoms with Crippen LogP contribution < -0.4 is 5.73 Å². The molecule has 12 heavy (non-hydrogen) atoms. The summed E-state index contributed by atoms with van der Waals surface area (Å²) in [6, 6.07) is 0. The highest BCUT2D eigenvalue weighted by Gasteiger charge is 2.10. The van der Waals surface area contributed by atoms with Crippen molar-refractivity contribution in [1.29, 1.82) is 0 Å². The van der Waals surface area contributed by atoms with Gasteiger partial charge in [-0.15, -0.1) is 0 Å². The number of rotatable bonds is 2. The van der Waals surface area contributed by atoms with Crippen LogP contribution >= 0.6 is 0 Å². The van der Waals surface area contributed by atoms with Crippen molar-refractivity contribution >= 4 is 5.95 Å². The van der Waals surface area contributed by atoms with Gasteiger partial charge in [-0.2, -0.15) is 0 Å². The number of nitrogens with one attached hydrogen (secondary N) is 1. The standard InChI is InChI=1S/C8H15N3O/c1-8(2,3)12-5-6-4-10-7(9)11-6/h4H,5H2,1-3H3,(H3,9,10,11). The molecule has 0 saturated heterocycles. The van der Waals surface area contributed by atoms with Crippen LogP contribution in [0, 0.1) is 0 Å². The van der Waals surface area contributed by atoms with Gasteiger partial charge in [-0.3, -0.25) is 0 Å². The molecule has 0 radical (unpaired) electrons. The Bertz CT molecular complexity index is 249. The van der Waals surface area contributed by atoms with E-state index >= 15 is 0 Å². The number of aromatic amines is 1. The summed E-state index contributed by atoms with van der Waals surface area (Å²) in [5, 5.41) is 0. The van der Waals surface area contributed by atoms with Crippen molar-refractivity contribution in [3.8, 4) is 0 Å². The van der Waals surface area contributed by atoms with E-state index in [0.29, 0.717) is 12.6 Å². The minimum Gasteiger partial charge on any atom is -0.370 e. The maximum atomic E-state index is 5.50. The Hall–Kier alpha value is -1.03. The van der Waals surface area contributed by atoms with Crippen LogP contribution in [-0.4, -0.2) is 15.6 Å². The Balaban J connectivity index is 2.44. The summed E-state index contributed by atoms with van der Waals surface area (Å²) in [6.45, 7) is 6.54. The molecule has 0 aliphatic rings. The highest BCUT2D eigenvalue weighted by Crippen LogP contribution is 2.10. The van der Waals surface area contributed by atoms with Gasteiger partial charge in [-0.1, -0.05) is 0 Å². The van der Waals surface area contributed by atoms with E-state index in [0.717, 1.165) is 5.69 Å². The monoisotopic (exact) mass is 169 g/mol. The molecule has 1 heterocycles. The SMILES string of the molecule is CC(C)(C)OCc1cnc(N)[nH]1. The Morgan fingerprint density at radius 3 is 2.67 bits per heavy atom. The topological polar surface area (TPSA) is 63.9 Å². The molecular formula is C8H15N3O. The highest BCUT2D eigenvalue weighted by atomic mass is 16.5. The maximum Gasteiger partial charge on any atom is 0.197 e. The second-order valence-corrected chi connectivity index (χ2v) is 3.69. The largest absolute Gasteiger partial charge is 0.370 e. The first-order valence-electron chi connectivity index (χ1n) is 3.91. The molecule has 0 atom stereocenters. The molecule has 4 heteroatoms. The number of H-pyrrole nitrogens is 1. The van der Waals surface area contributed by atoms with Crippen LogP contribution in [0.4, 0.5) is 5.95 Å². The molecule has 0 bridgehead atoms. The van der Waals surface area contributed by atoms with Crippen LogP contribution in [-0.2, 0) is 11.3 Å². The molecule has 3 N–H and O–H groups in total. The number of ether oxygens (including phenoxy) is 1. The third-order valence-corrected chi connectivity index (χ3v) is 1.31. The Morgan fingerprint density at radius 2 is 2.25 bits per heavy atom. The lowest BCUT2D eigenvalue weighted by atomic mass is 10.2. The number of anilines is 1. The van der Waals surface area contributed by atoms with E-state index in [1.54, 1.807) is 6.20 Å². The molecule has 0 saturated carbocycles. The maximum absolute atomic E-state index is 5.50. The van der Waals surface area contributed by atoms with Gasteiger partial charge in [-0.05, 0) is 20.8 Å². The minimum absolute atomic E-state index is 0.125. The third kappa shape index (κ3) is 2.92. The van der Waals surface area contributed by atoms with Crippen LogP contribution in [0.5, 0.6) is 0 Å². The predicted octanol–water partition coefficient (Wildman–Crippen LogP) is 1.31. The van der Waals surface area contributed by atoms with Gasteiger partial charge in [0.2, 0.25) is 0 Å². The van der Waals surface area contributed by atoms with Gasteiger partial charge in [0.05, 0.1) is 24.1 Å². The molecule has 0 aliphatic carbocycles. The van der Waals surface area contributed by atoms with E-state index in [-0.39, 0.29) is 5.60 Å². The zero-order chi connectivity index (χ0) is 9.19. The van der Waals surface area contributed by atoms with Gasteiger partial charge in [-0.25, -0.2) is 4.98 Å². The second kappa shape index (κ2) is 3.15. The fourth-order valence-corrected chi connectivity index (χ4v) is 0.744. The molecule has 0 aliphatic heterocycles. The van der Waals surface area contributed by atoms with E-state index in [4.69, 9.17) is 10.5 Å². The number of aromatic nitrogens is 2. The second-order valence-electron chi connectivity index (χ2n) is 3.69. The Labute approximate surface area is 72.1 Å². The smallest absolute Gasteiger partial charge is 0.197 e. The average Bonchev–Trinajstić information content (AvgIpc) is 2.30. The summed E-state index contributed by atoms with van der Waals surface area (Å²) in [6.07, 6.45) is 1.68. The normalized spacial score (nSPS) is 11.9. The van der Waals surface area contributed by atoms with Crippen LogP contribution in [0.25, 0.3) is 0 Å². The highest BCUT2D eigenvalue weighted by molar-refractivity contribution is 5.17. The Kier molecular flexibility index (Phi) is 2.38. The fourth-order valence-electron chi connectivity index (χ4n) is 0.744. The van der Waals surface area contributed by atoms with Crippen molar-refractivity contribution in [2.45, 2.75) is 33.0 Å². The number of nitrogens with two attached hydrogens (primary N) is 1. The van der Waals surface area contributed by atoms with Crippen molar-refractivity contribution in [3.05, 3.63) is 11.9 Å². The summed E-state index contributed by atoms with van der Waals surface area (Å²) in [4.78, 5) is 6.75. The summed E-state index contributed by atoms with van der Waals surface area (Å²) in [5.74, 6) is 0.433. The van der Waals surface area contributed by atoms with Crippen LogP contribution in [0.2, 0.25) is 0 Å². The summed E-state index contributed by atoms with van der Waals surface area (Å²) < 4.78 is 5.50. The molecule has 1 rings (SSSR count). The van der Waals surface area contributed by atoms with Gasteiger partial charge >= 0.3 is 0 Å². The molecule has 0 spiro atoms. The van der Waals surface area contributed by atoms with Crippen molar-refractivity contribution in [2.24, 2.45) is 0 Å². The van der Waals surface area contributed by atoms with Crippen LogP contribution in [0.15, 0.2) is 6.20 Å². The quantitative estimate of drug-likeness (QED) is 0.701. The van der Waals surface area contributed by atoms with Gasteiger partial charge in [0, 0.05) is 0 Å². The molecule has 1 aromatic rings. The number of hydrogen-bond acceptors (Lipinski definition) is 3. The minimum atomic E-state index is -0.125.